The van der Waals surface area contributed by atoms with Gasteiger partial charge in [-0.25, -0.2) is 0 Å². The van der Waals surface area contributed by atoms with Gasteiger partial charge in [0.05, 0.1) is 14.2 Å². The van der Waals surface area contributed by atoms with Crippen LogP contribution in [0.3, 0.4) is 0 Å². The summed E-state index contributed by atoms with van der Waals surface area (Å²) in [5.41, 5.74) is 2.53. The Morgan fingerprint density at radius 1 is 1.06 bits per heavy atom. The molecule has 0 bridgehead atoms. The third-order valence-electron chi connectivity index (χ3n) is 6.00. The zero-order chi connectivity index (χ0) is 22.1. The standard InChI is InChI=1S/C25H36N4O2.HI/c1-19(20-8-6-5-7-9-20)10-13-27-25(26-2)28-21-11-14-29(15-12-21)22-16-23(30-3)18-24(17-22)31-4;/h5-9,16-19,21H,10-15H2,1-4H3,(H2,26,27,28);1H. The second-order valence-electron chi connectivity index (χ2n) is 8.08. The van der Waals surface area contributed by atoms with Crippen LogP contribution in [0.25, 0.3) is 0 Å². The molecule has 0 spiro atoms. The summed E-state index contributed by atoms with van der Waals surface area (Å²) in [5.74, 6) is 3.06. The molecule has 1 aliphatic heterocycles. The molecule has 1 fully saturated rings. The number of aliphatic imine (C=N–C) groups is 1. The van der Waals surface area contributed by atoms with E-state index in [4.69, 9.17) is 9.47 Å². The van der Waals surface area contributed by atoms with Crippen molar-refractivity contribution >= 4 is 35.6 Å². The van der Waals surface area contributed by atoms with Crippen LogP contribution in [-0.4, -0.2) is 52.9 Å². The number of guanidine groups is 1. The Morgan fingerprint density at radius 2 is 1.69 bits per heavy atom. The quantitative estimate of drug-likeness (QED) is 0.284. The molecule has 2 aromatic carbocycles. The van der Waals surface area contributed by atoms with E-state index in [-0.39, 0.29) is 24.0 Å². The molecule has 176 valence electrons. The van der Waals surface area contributed by atoms with Gasteiger partial charge in [-0.3, -0.25) is 4.99 Å². The van der Waals surface area contributed by atoms with Crippen molar-refractivity contribution in [1.82, 2.24) is 10.6 Å². The van der Waals surface area contributed by atoms with Gasteiger partial charge in [0.2, 0.25) is 0 Å². The molecule has 1 aliphatic rings. The maximum absolute atomic E-state index is 5.42. The zero-order valence-electron chi connectivity index (χ0n) is 19.6. The molecule has 3 rings (SSSR count). The van der Waals surface area contributed by atoms with Crippen LogP contribution in [0.2, 0.25) is 0 Å². The van der Waals surface area contributed by atoms with E-state index in [1.807, 2.05) is 13.1 Å². The van der Waals surface area contributed by atoms with Crippen LogP contribution in [0, 0.1) is 0 Å². The first-order chi connectivity index (χ1) is 15.1. The Hall–Kier alpha value is -2.16. The van der Waals surface area contributed by atoms with E-state index < -0.39 is 0 Å². The number of nitrogens with zero attached hydrogens (tertiary/aromatic N) is 2. The predicted molar refractivity (Wildman–Crippen MR) is 144 cm³/mol. The van der Waals surface area contributed by atoms with E-state index >= 15 is 0 Å². The number of ether oxygens (including phenoxy) is 2. The molecule has 0 amide bonds. The molecule has 2 N–H and O–H groups in total. The van der Waals surface area contributed by atoms with Crippen LogP contribution in [-0.2, 0) is 0 Å². The van der Waals surface area contributed by atoms with Crippen LogP contribution in [0.1, 0.15) is 37.7 Å². The Morgan fingerprint density at radius 3 is 2.25 bits per heavy atom. The Bertz CT molecular complexity index is 817. The summed E-state index contributed by atoms with van der Waals surface area (Å²) < 4.78 is 10.8. The molecule has 0 aromatic heterocycles. The van der Waals surface area contributed by atoms with Crippen molar-refractivity contribution in [2.24, 2.45) is 4.99 Å². The first-order valence-corrected chi connectivity index (χ1v) is 11.1. The largest absolute Gasteiger partial charge is 0.497 e. The fraction of sp³-hybridized carbons (Fsp3) is 0.480. The van der Waals surface area contributed by atoms with Gasteiger partial charge in [-0.05, 0) is 30.7 Å². The van der Waals surface area contributed by atoms with Crippen LogP contribution < -0.4 is 25.0 Å². The number of rotatable bonds is 8. The normalized spacial score (nSPS) is 15.5. The molecule has 0 aliphatic carbocycles. The van der Waals surface area contributed by atoms with Gasteiger partial charge in [-0.2, -0.15) is 0 Å². The third-order valence-corrected chi connectivity index (χ3v) is 6.00. The predicted octanol–water partition coefficient (Wildman–Crippen LogP) is 4.65. The highest BCUT2D eigenvalue weighted by atomic mass is 127. The lowest BCUT2D eigenvalue weighted by Crippen LogP contribution is -2.49. The average Bonchev–Trinajstić information content (AvgIpc) is 2.83. The van der Waals surface area contributed by atoms with Gasteiger partial charge < -0.3 is 25.0 Å². The maximum atomic E-state index is 5.42. The fourth-order valence-corrected chi connectivity index (χ4v) is 4.00. The number of halogens is 1. The summed E-state index contributed by atoms with van der Waals surface area (Å²) in [5, 5.41) is 7.08. The van der Waals surface area contributed by atoms with Crippen molar-refractivity contribution in [3.05, 3.63) is 54.1 Å². The molecule has 0 saturated carbocycles. The molecule has 32 heavy (non-hydrogen) atoms. The number of nitrogens with one attached hydrogen (secondary N) is 2. The molecule has 7 heteroatoms. The molecule has 1 heterocycles. The number of hydrogen-bond acceptors (Lipinski definition) is 4. The van der Waals surface area contributed by atoms with Crippen molar-refractivity contribution in [1.29, 1.82) is 0 Å². The van der Waals surface area contributed by atoms with Crippen molar-refractivity contribution < 1.29 is 9.47 Å². The van der Waals surface area contributed by atoms with Crippen LogP contribution in [0.5, 0.6) is 11.5 Å². The molecular formula is C25H37IN4O2. The van der Waals surface area contributed by atoms with Gasteiger partial charge in [0.25, 0.3) is 0 Å². The zero-order valence-corrected chi connectivity index (χ0v) is 22.0. The smallest absolute Gasteiger partial charge is 0.191 e. The van der Waals surface area contributed by atoms with Gasteiger partial charge in [0, 0.05) is 56.6 Å². The number of piperidine rings is 1. The van der Waals surface area contributed by atoms with Gasteiger partial charge in [0.1, 0.15) is 11.5 Å². The second kappa shape index (κ2) is 13.4. The average molecular weight is 553 g/mol. The Kier molecular flexibility index (Phi) is 10.9. The molecule has 1 saturated heterocycles. The van der Waals surface area contributed by atoms with Crippen molar-refractivity contribution in [2.75, 3.05) is 45.8 Å². The van der Waals surface area contributed by atoms with E-state index in [9.17, 15) is 0 Å². The summed E-state index contributed by atoms with van der Waals surface area (Å²) in [6.45, 7) is 5.14. The summed E-state index contributed by atoms with van der Waals surface area (Å²) >= 11 is 0. The second-order valence-corrected chi connectivity index (χ2v) is 8.08. The summed E-state index contributed by atoms with van der Waals surface area (Å²) in [4.78, 5) is 6.81. The topological polar surface area (TPSA) is 58.1 Å². The Labute approximate surface area is 209 Å². The lowest BCUT2D eigenvalue weighted by atomic mass is 9.98. The van der Waals surface area contributed by atoms with E-state index in [1.54, 1.807) is 14.2 Å². The van der Waals surface area contributed by atoms with Gasteiger partial charge in [-0.15, -0.1) is 24.0 Å². The van der Waals surface area contributed by atoms with Crippen LogP contribution in [0.4, 0.5) is 5.69 Å². The lowest BCUT2D eigenvalue weighted by molar-refractivity contribution is 0.393. The maximum Gasteiger partial charge on any atom is 0.191 e. The number of anilines is 1. The van der Waals surface area contributed by atoms with Crippen molar-refractivity contribution in [2.45, 2.75) is 38.1 Å². The lowest BCUT2D eigenvalue weighted by Gasteiger charge is -2.34. The van der Waals surface area contributed by atoms with Crippen LogP contribution in [0.15, 0.2) is 53.5 Å². The fourth-order valence-electron chi connectivity index (χ4n) is 4.00. The first-order valence-electron chi connectivity index (χ1n) is 11.1. The van der Waals surface area contributed by atoms with Crippen molar-refractivity contribution in [3.8, 4) is 11.5 Å². The van der Waals surface area contributed by atoms with Gasteiger partial charge in [0.15, 0.2) is 5.96 Å². The molecular weight excluding hydrogens is 515 g/mol. The molecule has 6 nitrogen and oxygen atoms in total. The Balaban J connectivity index is 0.00000363. The van der Waals surface area contributed by atoms with Gasteiger partial charge >= 0.3 is 0 Å². The SMILES string of the molecule is CN=C(NCCC(C)c1ccccc1)NC1CCN(c2cc(OC)cc(OC)c2)CC1.I. The minimum atomic E-state index is 0. The molecule has 0 radical (unpaired) electrons. The van der Waals surface area contributed by atoms with Crippen molar-refractivity contribution in [3.63, 3.8) is 0 Å². The number of methoxy groups -OCH3 is 2. The summed E-state index contributed by atoms with van der Waals surface area (Å²) in [6, 6.07) is 17.1. The monoisotopic (exact) mass is 552 g/mol. The highest BCUT2D eigenvalue weighted by Gasteiger charge is 2.21. The number of benzene rings is 2. The minimum Gasteiger partial charge on any atom is -0.497 e. The molecule has 1 atom stereocenters. The minimum absolute atomic E-state index is 0. The van der Waals surface area contributed by atoms with Gasteiger partial charge in [-0.1, -0.05) is 37.3 Å². The third kappa shape index (κ3) is 7.46. The first kappa shape index (κ1) is 26.1. The van der Waals surface area contributed by atoms with Crippen LogP contribution >= 0.6 is 24.0 Å². The van der Waals surface area contributed by atoms with E-state index in [2.05, 4.69) is 69.9 Å². The van der Waals surface area contributed by atoms with E-state index in [0.29, 0.717) is 12.0 Å². The van der Waals surface area contributed by atoms with E-state index in [1.165, 1.54) is 5.56 Å². The summed E-state index contributed by atoms with van der Waals surface area (Å²) in [7, 11) is 5.22. The number of hydrogen-bond donors (Lipinski definition) is 2. The molecule has 1 unspecified atom stereocenters. The highest BCUT2D eigenvalue weighted by Crippen LogP contribution is 2.30. The highest BCUT2D eigenvalue weighted by molar-refractivity contribution is 14.0. The summed E-state index contributed by atoms with van der Waals surface area (Å²) in [6.07, 6.45) is 3.18. The van der Waals surface area contributed by atoms with E-state index in [0.717, 1.165) is 62.0 Å². The molecule has 2 aromatic rings.